The van der Waals surface area contributed by atoms with Gasteiger partial charge >= 0.3 is 0 Å². The molecule has 1 fully saturated rings. The van der Waals surface area contributed by atoms with Crippen LogP contribution in [0, 0.1) is 0 Å². The average Bonchev–Trinajstić information content (AvgIpc) is 2.72. The number of anilines is 1. The van der Waals surface area contributed by atoms with E-state index in [9.17, 15) is 0 Å². The molecule has 4 heteroatoms. The molecule has 0 N–H and O–H groups in total. The molecule has 0 aromatic heterocycles. The lowest BCUT2D eigenvalue weighted by Crippen LogP contribution is -2.43. The lowest BCUT2D eigenvalue weighted by Gasteiger charge is -2.39. The van der Waals surface area contributed by atoms with E-state index in [0.717, 1.165) is 11.6 Å². The summed E-state index contributed by atoms with van der Waals surface area (Å²) in [5, 5.41) is 0.832. The van der Waals surface area contributed by atoms with Gasteiger partial charge in [0.25, 0.3) is 0 Å². The minimum Gasteiger partial charge on any atom is -0.363 e. The number of rotatable bonds is 1. The van der Waals surface area contributed by atoms with Gasteiger partial charge in [-0.2, -0.15) is 0 Å². The smallest absolute Gasteiger partial charge is 0.0513 e. The van der Waals surface area contributed by atoms with Crippen LogP contribution in [0.5, 0.6) is 0 Å². The van der Waals surface area contributed by atoms with Gasteiger partial charge in [0.2, 0.25) is 0 Å². The summed E-state index contributed by atoms with van der Waals surface area (Å²) in [7, 11) is 2.22. The molecule has 0 spiro atoms. The molecule has 2 aliphatic heterocycles. The molecule has 2 heterocycles. The maximum Gasteiger partial charge on any atom is 0.0513 e. The Labute approximate surface area is 147 Å². The van der Waals surface area contributed by atoms with E-state index in [1.165, 1.54) is 47.0 Å². The number of hydrogen-bond acceptors (Lipinski definition) is 3. The van der Waals surface area contributed by atoms with Crippen LogP contribution < -0.4 is 4.90 Å². The third-order valence-corrected chi connectivity index (χ3v) is 6.31. The molecule has 120 valence electrons. The summed E-state index contributed by atoms with van der Waals surface area (Å²) in [5.74, 6) is 0. The molecule has 0 atom stereocenters. The average molecular weight is 345 g/mol. The Balaban J connectivity index is 1.74. The largest absolute Gasteiger partial charge is 0.363 e. The highest BCUT2D eigenvalue weighted by atomic mass is 35.5. The van der Waals surface area contributed by atoms with E-state index >= 15 is 0 Å². The number of hydrogen-bond donors (Lipinski definition) is 0. The number of piperidine rings is 1. The minimum absolute atomic E-state index is 0.609. The quantitative estimate of drug-likeness (QED) is 0.726. The van der Waals surface area contributed by atoms with Crippen molar-refractivity contribution in [1.82, 2.24) is 4.90 Å². The number of halogens is 1. The number of nitrogens with zero attached hydrogens (tertiary/aromatic N) is 2. The summed E-state index contributed by atoms with van der Waals surface area (Å²) in [6.07, 6.45) is 2.46. The second kappa shape index (κ2) is 6.39. The van der Waals surface area contributed by atoms with Crippen LogP contribution >= 0.6 is 23.4 Å². The molecule has 4 rings (SSSR count). The van der Waals surface area contributed by atoms with Crippen molar-refractivity contribution >= 4 is 29.1 Å². The molecule has 0 bridgehead atoms. The highest BCUT2D eigenvalue weighted by Crippen LogP contribution is 2.43. The second-order valence-electron chi connectivity index (χ2n) is 6.48. The van der Waals surface area contributed by atoms with Crippen molar-refractivity contribution in [2.24, 2.45) is 0 Å². The van der Waals surface area contributed by atoms with Crippen LogP contribution in [0.4, 0.5) is 5.69 Å². The summed E-state index contributed by atoms with van der Waals surface area (Å²) in [5.41, 5.74) is 2.72. The van der Waals surface area contributed by atoms with Crippen molar-refractivity contribution in [2.75, 3.05) is 25.0 Å². The third-order valence-electron chi connectivity index (χ3n) is 4.89. The van der Waals surface area contributed by atoms with Crippen LogP contribution in [0.1, 0.15) is 18.4 Å². The maximum atomic E-state index is 6.26. The van der Waals surface area contributed by atoms with Gasteiger partial charge in [-0.25, -0.2) is 0 Å². The third kappa shape index (κ3) is 3.10. The predicted molar refractivity (Wildman–Crippen MR) is 98.7 cm³/mol. The molecular weight excluding hydrogens is 324 g/mol. The van der Waals surface area contributed by atoms with Crippen LogP contribution in [0.3, 0.4) is 0 Å². The lowest BCUT2D eigenvalue weighted by molar-refractivity contribution is 0.248. The van der Waals surface area contributed by atoms with Gasteiger partial charge in [-0.05, 0) is 68.9 Å². The fourth-order valence-electron chi connectivity index (χ4n) is 3.57. The Morgan fingerprint density at radius 1 is 1.04 bits per heavy atom. The fourth-order valence-corrected chi connectivity index (χ4v) is 4.83. The van der Waals surface area contributed by atoms with Gasteiger partial charge < -0.3 is 9.80 Å². The zero-order valence-electron chi connectivity index (χ0n) is 13.3. The van der Waals surface area contributed by atoms with Crippen molar-refractivity contribution in [1.29, 1.82) is 0 Å². The molecular formula is C19H21ClN2S. The molecule has 0 saturated carbocycles. The van der Waals surface area contributed by atoms with E-state index in [-0.39, 0.29) is 0 Å². The van der Waals surface area contributed by atoms with Gasteiger partial charge in [-0.3, -0.25) is 0 Å². The predicted octanol–water partition coefficient (Wildman–Crippen LogP) is 4.91. The van der Waals surface area contributed by atoms with Crippen LogP contribution in [0.15, 0.2) is 52.3 Å². The molecule has 23 heavy (non-hydrogen) atoms. The Bertz CT molecular complexity index is 710. The molecule has 2 aromatic rings. The van der Waals surface area contributed by atoms with Gasteiger partial charge in [0.15, 0.2) is 0 Å². The molecule has 1 saturated heterocycles. The number of benzene rings is 2. The van der Waals surface area contributed by atoms with Crippen LogP contribution in [0.25, 0.3) is 0 Å². The van der Waals surface area contributed by atoms with E-state index in [4.69, 9.17) is 11.6 Å². The minimum atomic E-state index is 0.609. The van der Waals surface area contributed by atoms with E-state index in [2.05, 4.69) is 53.2 Å². The molecule has 0 radical (unpaired) electrons. The first kappa shape index (κ1) is 15.4. The molecule has 2 nitrogen and oxygen atoms in total. The Hall–Kier alpha value is -1.16. The summed E-state index contributed by atoms with van der Waals surface area (Å²) in [6, 6.07) is 15.7. The van der Waals surface area contributed by atoms with Crippen molar-refractivity contribution in [2.45, 2.75) is 35.2 Å². The van der Waals surface area contributed by atoms with Gasteiger partial charge in [0.1, 0.15) is 0 Å². The second-order valence-corrected chi connectivity index (χ2v) is 8.00. The van der Waals surface area contributed by atoms with Gasteiger partial charge in [-0.1, -0.05) is 35.5 Å². The normalized spacial score (nSPS) is 19.1. The van der Waals surface area contributed by atoms with Crippen molar-refractivity contribution in [3.8, 4) is 0 Å². The van der Waals surface area contributed by atoms with Gasteiger partial charge in [-0.15, -0.1) is 0 Å². The zero-order valence-corrected chi connectivity index (χ0v) is 14.9. The fraction of sp³-hybridized carbons (Fsp3) is 0.368. The first-order valence-corrected chi connectivity index (χ1v) is 9.40. The summed E-state index contributed by atoms with van der Waals surface area (Å²) in [6.45, 7) is 3.31. The van der Waals surface area contributed by atoms with Crippen molar-refractivity contribution in [3.63, 3.8) is 0 Å². The highest BCUT2D eigenvalue weighted by molar-refractivity contribution is 7.99. The molecule has 0 amide bonds. The number of fused-ring (bicyclic) bond motifs is 2. The van der Waals surface area contributed by atoms with Gasteiger partial charge in [0, 0.05) is 27.4 Å². The standard InChI is InChI=1S/C19H21ClN2S/c1-21-10-8-16(9-11-21)22-13-14-12-15(20)6-7-18(14)23-19-5-3-2-4-17(19)22/h2-7,12,16H,8-11,13H2,1H3. The monoisotopic (exact) mass is 344 g/mol. The first-order valence-electron chi connectivity index (χ1n) is 8.21. The molecule has 2 aromatic carbocycles. The van der Waals surface area contributed by atoms with E-state index in [1.54, 1.807) is 0 Å². The first-order chi connectivity index (χ1) is 11.2. The molecule has 0 unspecified atom stereocenters. The number of para-hydroxylation sites is 1. The van der Waals surface area contributed by atoms with Gasteiger partial charge in [0.05, 0.1) is 5.69 Å². The summed E-state index contributed by atoms with van der Waals surface area (Å²) in [4.78, 5) is 7.72. The number of likely N-dealkylation sites (tertiary alicyclic amines) is 1. The van der Waals surface area contributed by atoms with Crippen LogP contribution in [-0.4, -0.2) is 31.1 Å². The Morgan fingerprint density at radius 2 is 1.83 bits per heavy atom. The SMILES string of the molecule is CN1CCC(N2Cc3cc(Cl)ccc3Sc3ccccc32)CC1. The summed E-state index contributed by atoms with van der Waals surface area (Å²) >= 11 is 8.13. The Kier molecular flexibility index (Phi) is 4.27. The highest BCUT2D eigenvalue weighted by Gasteiger charge is 2.28. The van der Waals surface area contributed by atoms with Crippen LogP contribution in [-0.2, 0) is 6.54 Å². The molecule has 2 aliphatic rings. The van der Waals surface area contributed by atoms with E-state index in [1.807, 2.05) is 17.8 Å². The van der Waals surface area contributed by atoms with Crippen LogP contribution in [0.2, 0.25) is 5.02 Å². The van der Waals surface area contributed by atoms with E-state index in [0.29, 0.717) is 6.04 Å². The van der Waals surface area contributed by atoms with Crippen molar-refractivity contribution in [3.05, 3.63) is 53.1 Å². The molecule has 0 aliphatic carbocycles. The maximum absolute atomic E-state index is 6.26. The Morgan fingerprint density at radius 3 is 2.65 bits per heavy atom. The topological polar surface area (TPSA) is 6.48 Å². The lowest BCUT2D eigenvalue weighted by atomic mass is 10.0. The van der Waals surface area contributed by atoms with E-state index < -0.39 is 0 Å². The zero-order chi connectivity index (χ0) is 15.8. The summed E-state index contributed by atoms with van der Waals surface area (Å²) < 4.78 is 0. The van der Waals surface area contributed by atoms with Crippen molar-refractivity contribution < 1.29 is 0 Å².